The number of fused-ring (bicyclic) bond motifs is 2. The van der Waals surface area contributed by atoms with Crippen LogP contribution in [0.3, 0.4) is 0 Å². The molecule has 1 fully saturated rings. The number of rotatable bonds is 7. The molecule has 45 heavy (non-hydrogen) atoms. The standard InChI is InChI=1S/C36H31N3O5S/c1-44-30-10-6-5-9-26(30)28-14-11-23-19-24(12-13-27(23)37-28)34-33(22-7-3-2-4-8-22)35-29(20-31(45-35)36(42)43)39(34)21-32(41)38-17-15-25(40)16-18-38/h2-14,19-20,25,40H,15-18,21H2,1H3,(H,42,43). The van der Waals surface area contributed by atoms with Gasteiger partial charge in [0.25, 0.3) is 0 Å². The number of benzene rings is 3. The second-order valence-electron chi connectivity index (χ2n) is 11.2. The molecule has 3 aromatic carbocycles. The minimum Gasteiger partial charge on any atom is -0.496 e. The number of nitrogens with zero attached hydrogens (tertiary/aromatic N) is 3. The summed E-state index contributed by atoms with van der Waals surface area (Å²) in [5.74, 6) is -0.311. The van der Waals surface area contributed by atoms with Crippen molar-refractivity contribution >= 4 is 44.3 Å². The number of piperidine rings is 1. The highest BCUT2D eigenvalue weighted by atomic mass is 32.1. The topological polar surface area (TPSA) is 105 Å². The molecule has 4 heterocycles. The number of methoxy groups -OCH3 is 1. The number of para-hydroxylation sites is 1. The number of aromatic carboxylic acids is 1. The van der Waals surface area contributed by atoms with Gasteiger partial charge in [0.1, 0.15) is 17.2 Å². The first-order valence-corrected chi connectivity index (χ1v) is 15.7. The molecular formula is C36H31N3O5S. The van der Waals surface area contributed by atoms with Crippen LogP contribution >= 0.6 is 11.3 Å². The number of aromatic nitrogens is 2. The van der Waals surface area contributed by atoms with Gasteiger partial charge in [0.15, 0.2) is 0 Å². The second kappa shape index (κ2) is 11.8. The van der Waals surface area contributed by atoms with Crippen molar-refractivity contribution in [3.8, 4) is 39.4 Å². The highest BCUT2D eigenvalue weighted by Gasteiger charge is 2.28. The third kappa shape index (κ3) is 5.34. The molecule has 1 saturated heterocycles. The van der Waals surface area contributed by atoms with Gasteiger partial charge < -0.3 is 24.4 Å². The number of pyridine rings is 1. The number of aliphatic hydroxyl groups is 1. The van der Waals surface area contributed by atoms with E-state index in [1.807, 2.05) is 83.4 Å². The van der Waals surface area contributed by atoms with Crippen LogP contribution in [0.2, 0.25) is 0 Å². The molecule has 2 N–H and O–H groups in total. The molecule has 0 aliphatic carbocycles. The van der Waals surface area contributed by atoms with Gasteiger partial charge in [-0.25, -0.2) is 9.78 Å². The summed E-state index contributed by atoms with van der Waals surface area (Å²) in [6.07, 6.45) is 0.702. The van der Waals surface area contributed by atoms with E-state index in [9.17, 15) is 19.8 Å². The van der Waals surface area contributed by atoms with E-state index in [2.05, 4.69) is 6.07 Å². The summed E-state index contributed by atoms with van der Waals surface area (Å²) in [6, 6.07) is 29.5. The predicted octanol–water partition coefficient (Wildman–Crippen LogP) is 6.94. The lowest BCUT2D eigenvalue weighted by atomic mass is 9.99. The third-order valence-electron chi connectivity index (χ3n) is 8.47. The lowest BCUT2D eigenvalue weighted by Gasteiger charge is -2.30. The van der Waals surface area contributed by atoms with Gasteiger partial charge in [0.2, 0.25) is 5.91 Å². The van der Waals surface area contributed by atoms with Crippen LogP contribution in [0.15, 0.2) is 91.0 Å². The van der Waals surface area contributed by atoms with E-state index in [1.54, 1.807) is 18.1 Å². The lowest BCUT2D eigenvalue weighted by Crippen LogP contribution is -2.41. The average molecular weight is 618 g/mol. The maximum absolute atomic E-state index is 13.7. The highest BCUT2D eigenvalue weighted by molar-refractivity contribution is 7.21. The Morgan fingerprint density at radius 3 is 2.44 bits per heavy atom. The van der Waals surface area contributed by atoms with Crippen molar-refractivity contribution in [2.24, 2.45) is 0 Å². The van der Waals surface area contributed by atoms with Crippen molar-refractivity contribution in [1.29, 1.82) is 0 Å². The Kier molecular flexibility index (Phi) is 7.56. The summed E-state index contributed by atoms with van der Waals surface area (Å²) in [6.45, 7) is 1.03. The van der Waals surface area contributed by atoms with Gasteiger partial charge in [-0.05, 0) is 60.4 Å². The monoisotopic (exact) mass is 617 g/mol. The lowest BCUT2D eigenvalue weighted by molar-refractivity contribution is -0.133. The van der Waals surface area contributed by atoms with E-state index < -0.39 is 12.1 Å². The summed E-state index contributed by atoms with van der Waals surface area (Å²) in [4.78, 5) is 32.8. The summed E-state index contributed by atoms with van der Waals surface area (Å²) in [5, 5.41) is 20.8. The molecule has 0 bridgehead atoms. The smallest absolute Gasteiger partial charge is 0.345 e. The van der Waals surface area contributed by atoms with Crippen LogP contribution in [0.25, 0.3) is 54.8 Å². The Balaban J connectivity index is 1.40. The van der Waals surface area contributed by atoms with Crippen molar-refractivity contribution in [2.45, 2.75) is 25.5 Å². The Hall–Kier alpha value is -4.99. The van der Waals surface area contributed by atoms with E-state index in [-0.39, 0.29) is 17.3 Å². The molecule has 0 saturated carbocycles. The fourth-order valence-electron chi connectivity index (χ4n) is 6.20. The molecule has 0 atom stereocenters. The normalized spacial score (nSPS) is 13.9. The Labute approximate surface area is 263 Å². The first-order valence-electron chi connectivity index (χ1n) is 14.9. The summed E-state index contributed by atoms with van der Waals surface area (Å²) < 4.78 is 8.34. The van der Waals surface area contributed by atoms with Crippen molar-refractivity contribution in [2.75, 3.05) is 20.2 Å². The fraction of sp³-hybridized carbons (Fsp3) is 0.194. The maximum atomic E-state index is 13.7. The van der Waals surface area contributed by atoms with Crippen LogP contribution in [-0.2, 0) is 11.3 Å². The molecule has 0 spiro atoms. The van der Waals surface area contributed by atoms with Gasteiger partial charge in [-0.1, -0.05) is 54.6 Å². The minimum absolute atomic E-state index is 0.0492. The zero-order chi connectivity index (χ0) is 31.1. The quantitative estimate of drug-likeness (QED) is 0.201. The van der Waals surface area contributed by atoms with Gasteiger partial charge in [-0.2, -0.15) is 0 Å². The summed E-state index contributed by atoms with van der Waals surface area (Å²) in [5.41, 5.74) is 6.82. The number of thiophene rings is 1. The van der Waals surface area contributed by atoms with Gasteiger partial charge >= 0.3 is 5.97 Å². The molecule has 0 radical (unpaired) electrons. The number of hydrogen-bond donors (Lipinski definition) is 2. The largest absolute Gasteiger partial charge is 0.496 e. The van der Waals surface area contributed by atoms with Gasteiger partial charge in [-0.15, -0.1) is 11.3 Å². The van der Waals surface area contributed by atoms with Crippen LogP contribution in [0.1, 0.15) is 22.5 Å². The molecule has 226 valence electrons. The summed E-state index contributed by atoms with van der Waals surface area (Å²) >= 11 is 1.22. The number of carbonyl (C=O) groups is 2. The average Bonchev–Trinajstić information content (AvgIpc) is 3.63. The van der Waals surface area contributed by atoms with Crippen LogP contribution in [-0.4, -0.2) is 62.8 Å². The maximum Gasteiger partial charge on any atom is 0.345 e. The molecular weight excluding hydrogens is 586 g/mol. The minimum atomic E-state index is -0.998. The number of hydrogen-bond acceptors (Lipinski definition) is 6. The van der Waals surface area contributed by atoms with E-state index in [0.717, 1.165) is 55.0 Å². The molecule has 9 heteroatoms. The Morgan fingerprint density at radius 2 is 1.69 bits per heavy atom. The molecule has 8 nitrogen and oxygen atoms in total. The number of carboxylic acids is 1. The number of amides is 1. The van der Waals surface area contributed by atoms with Crippen molar-refractivity contribution in [1.82, 2.24) is 14.5 Å². The number of carbonyl (C=O) groups excluding carboxylic acids is 1. The first kappa shape index (κ1) is 28.8. The van der Waals surface area contributed by atoms with Crippen LogP contribution in [0, 0.1) is 0 Å². The SMILES string of the molecule is COc1ccccc1-c1ccc2cc(-c3c(-c4ccccc4)c4sc(C(=O)O)cc4n3CC(=O)N3CCC(O)CC3)ccc2n1. The first-order chi connectivity index (χ1) is 21.9. The second-order valence-corrected chi connectivity index (χ2v) is 12.3. The van der Waals surface area contributed by atoms with E-state index in [0.29, 0.717) is 31.4 Å². The number of carboxylic acid groups (broad SMARTS) is 1. The fourth-order valence-corrected chi connectivity index (χ4v) is 7.26. The third-order valence-corrected chi connectivity index (χ3v) is 9.60. The molecule has 1 aliphatic heterocycles. The van der Waals surface area contributed by atoms with Crippen LogP contribution < -0.4 is 4.74 Å². The highest BCUT2D eigenvalue weighted by Crippen LogP contribution is 2.45. The zero-order valence-corrected chi connectivity index (χ0v) is 25.5. The number of ether oxygens (including phenoxy) is 1. The molecule has 7 rings (SSSR count). The van der Waals surface area contributed by atoms with Crippen LogP contribution in [0.4, 0.5) is 0 Å². The molecule has 6 aromatic rings. The Bertz CT molecular complexity index is 2060. The van der Waals surface area contributed by atoms with Crippen molar-refractivity contribution in [3.63, 3.8) is 0 Å². The van der Waals surface area contributed by atoms with Gasteiger partial charge in [0.05, 0.1) is 40.3 Å². The Morgan fingerprint density at radius 1 is 0.933 bits per heavy atom. The molecule has 1 amide bonds. The van der Waals surface area contributed by atoms with E-state index >= 15 is 0 Å². The number of aliphatic hydroxyl groups excluding tert-OH is 1. The van der Waals surface area contributed by atoms with Gasteiger partial charge in [0, 0.05) is 29.6 Å². The summed E-state index contributed by atoms with van der Waals surface area (Å²) in [7, 11) is 1.65. The van der Waals surface area contributed by atoms with E-state index in [1.165, 1.54) is 11.3 Å². The predicted molar refractivity (Wildman–Crippen MR) is 177 cm³/mol. The van der Waals surface area contributed by atoms with Crippen molar-refractivity contribution in [3.05, 3.63) is 95.9 Å². The van der Waals surface area contributed by atoms with E-state index in [4.69, 9.17) is 9.72 Å². The molecule has 0 unspecified atom stereocenters. The van der Waals surface area contributed by atoms with Crippen molar-refractivity contribution < 1.29 is 24.5 Å². The number of likely N-dealkylation sites (tertiary alicyclic amines) is 1. The molecule has 3 aromatic heterocycles. The molecule has 1 aliphatic rings. The zero-order valence-electron chi connectivity index (χ0n) is 24.6. The van der Waals surface area contributed by atoms with Crippen LogP contribution in [0.5, 0.6) is 5.75 Å². The van der Waals surface area contributed by atoms with Gasteiger partial charge in [-0.3, -0.25) is 4.79 Å².